The average Bonchev–Trinajstić information content (AvgIpc) is 2.74. The van der Waals surface area contributed by atoms with E-state index in [1.165, 1.54) is 5.56 Å². The molecule has 0 aromatic heterocycles. The van der Waals surface area contributed by atoms with Crippen molar-refractivity contribution < 1.29 is 9.53 Å². The normalized spacial score (nSPS) is 29.5. The van der Waals surface area contributed by atoms with Crippen LogP contribution < -0.4 is 0 Å². The zero-order valence-electron chi connectivity index (χ0n) is 8.66. The third kappa shape index (κ3) is 1.25. The Balaban J connectivity index is 2.05. The SMILES string of the molecule is O=C1c2ccccc2CC[C@]12CCCO2. The number of hydrogen-bond donors (Lipinski definition) is 0. The van der Waals surface area contributed by atoms with Gasteiger partial charge in [0.1, 0.15) is 5.60 Å². The van der Waals surface area contributed by atoms with E-state index in [-0.39, 0.29) is 5.78 Å². The van der Waals surface area contributed by atoms with Gasteiger partial charge in [-0.15, -0.1) is 0 Å². The summed E-state index contributed by atoms with van der Waals surface area (Å²) in [5.74, 6) is 0.210. The summed E-state index contributed by atoms with van der Waals surface area (Å²) in [5.41, 5.74) is 1.60. The number of ether oxygens (including phenoxy) is 1. The van der Waals surface area contributed by atoms with Gasteiger partial charge in [-0.1, -0.05) is 24.3 Å². The first-order chi connectivity index (χ1) is 7.32. The number of carbonyl (C=O) groups excluding carboxylic acids is 1. The summed E-state index contributed by atoms with van der Waals surface area (Å²) in [5, 5.41) is 0. The van der Waals surface area contributed by atoms with Crippen LogP contribution >= 0.6 is 0 Å². The fourth-order valence-corrected chi connectivity index (χ4v) is 2.73. The van der Waals surface area contributed by atoms with Crippen molar-refractivity contribution in [1.82, 2.24) is 0 Å². The summed E-state index contributed by atoms with van der Waals surface area (Å²) in [4.78, 5) is 12.3. The van der Waals surface area contributed by atoms with Crippen molar-refractivity contribution >= 4 is 5.78 Å². The lowest BCUT2D eigenvalue weighted by Crippen LogP contribution is -2.42. The van der Waals surface area contributed by atoms with Gasteiger partial charge in [-0.05, 0) is 31.2 Å². The zero-order chi connectivity index (χ0) is 10.3. The van der Waals surface area contributed by atoms with Gasteiger partial charge in [0, 0.05) is 12.2 Å². The molecule has 0 amide bonds. The molecular formula is C13H14O2. The minimum Gasteiger partial charge on any atom is -0.367 e. The highest BCUT2D eigenvalue weighted by atomic mass is 16.5. The van der Waals surface area contributed by atoms with Crippen LogP contribution in [-0.4, -0.2) is 18.0 Å². The van der Waals surface area contributed by atoms with E-state index in [1.54, 1.807) is 0 Å². The van der Waals surface area contributed by atoms with E-state index >= 15 is 0 Å². The molecule has 0 radical (unpaired) electrons. The number of benzene rings is 1. The summed E-state index contributed by atoms with van der Waals surface area (Å²) >= 11 is 0. The molecule has 1 fully saturated rings. The second kappa shape index (κ2) is 3.17. The van der Waals surface area contributed by atoms with Gasteiger partial charge in [0.2, 0.25) is 0 Å². The van der Waals surface area contributed by atoms with Gasteiger partial charge in [0.15, 0.2) is 5.78 Å². The van der Waals surface area contributed by atoms with E-state index in [2.05, 4.69) is 6.07 Å². The summed E-state index contributed by atoms with van der Waals surface area (Å²) in [6.45, 7) is 0.744. The molecule has 2 aliphatic rings. The van der Waals surface area contributed by atoms with Crippen LogP contribution in [-0.2, 0) is 11.2 Å². The minimum absolute atomic E-state index is 0.210. The molecule has 1 atom stereocenters. The van der Waals surface area contributed by atoms with E-state index in [9.17, 15) is 4.79 Å². The second-order valence-electron chi connectivity index (χ2n) is 4.43. The molecule has 15 heavy (non-hydrogen) atoms. The van der Waals surface area contributed by atoms with E-state index in [1.807, 2.05) is 18.2 Å². The number of hydrogen-bond acceptors (Lipinski definition) is 2. The predicted octanol–water partition coefficient (Wildman–Crippen LogP) is 2.36. The Labute approximate surface area is 89.2 Å². The first-order valence-corrected chi connectivity index (χ1v) is 5.58. The van der Waals surface area contributed by atoms with Crippen LogP contribution in [0, 0.1) is 0 Å². The van der Waals surface area contributed by atoms with Gasteiger partial charge in [-0.2, -0.15) is 0 Å². The van der Waals surface area contributed by atoms with Crippen molar-refractivity contribution in [2.24, 2.45) is 0 Å². The number of aryl methyl sites for hydroxylation is 1. The molecule has 2 nitrogen and oxygen atoms in total. The van der Waals surface area contributed by atoms with E-state index in [0.29, 0.717) is 0 Å². The second-order valence-corrected chi connectivity index (χ2v) is 4.43. The predicted molar refractivity (Wildman–Crippen MR) is 57.0 cm³/mol. The Bertz CT molecular complexity index is 403. The van der Waals surface area contributed by atoms with Crippen LogP contribution in [0.4, 0.5) is 0 Å². The molecule has 1 aliphatic carbocycles. The maximum atomic E-state index is 12.3. The number of Topliss-reactive ketones (excluding diaryl/α,β-unsaturated/α-hetero) is 1. The van der Waals surface area contributed by atoms with E-state index < -0.39 is 5.60 Å². The highest BCUT2D eigenvalue weighted by molar-refractivity contribution is 6.04. The van der Waals surface area contributed by atoms with E-state index in [0.717, 1.165) is 37.9 Å². The molecule has 2 heteroatoms. The van der Waals surface area contributed by atoms with Crippen molar-refractivity contribution in [2.75, 3.05) is 6.61 Å². The van der Waals surface area contributed by atoms with Gasteiger partial charge in [-0.3, -0.25) is 4.79 Å². The van der Waals surface area contributed by atoms with Crippen LogP contribution in [0.2, 0.25) is 0 Å². The summed E-state index contributed by atoms with van der Waals surface area (Å²) < 4.78 is 5.70. The third-order valence-electron chi connectivity index (χ3n) is 3.58. The molecule has 1 spiro atoms. The quantitative estimate of drug-likeness (QED) is 0.645. The van der Waals surface area contributed by atoms with Crippen LogP contribution in [0.3, 0.4) is 0 Å². The number of rotatable bonds is 0. The first kappa shape index (κ1) is 9.10. The number of fused-ring (bicyclic) bond motifs is 1. The molecular weight excluding hydrogens is 188 g/mol. The lowest BCUT2D eigenvalue weighted by Gasteiger charge is -2.32. The summed E-state index contributed by atoms with van der Waals surface area (Å²) in [6.07, 6.45) is 3.76. The van der Waals surface area contributed by atoms with Gasteiger partial charge in [-0.25, -0.2) is 0 Å². The topological polar surface area (TPSA) is 26.3 Å². The van der Waals surface area contributed by atoms with E-state index in [4.69, 9.17) is 4.74 Å². The van der Waals surface area contributed by atoms with Crippen LogP contribution in [0.1, 0.15) is 35.2 Å². The maximum Gasteiger partial charge on any atom is 0.194 e. The molecule has 1 saturated heterocycles. The van der Waals surface area contributed by atoms with Crippen molar-refractivity contribution in [2.45, 2.75) is 31.3 Å². The van der Waals surface area contributed by atoms with Gasteiger partial charge in [0.05, 0.1) is 0 Å². The van der Waals surface area contributed by atoms with Crippen molar-refractivity contribution in [3.05, 3.63) is 35.4 Å². The lowest BCUT2D eigenvalue weighted by molar-refractivity contribution is 0.00411. The fourth-order valence-electron chi connectivity index (χ4n) is 2.73. The first-order valence-electron chi connectivity index (χ1n) is 5.58. The molecule has 1 aromatic rings. The van der Waals surface area contributed by atoms with Crippen LogP contribution in [0.15, 0.2) is 24.3 Å². The van der Waals surface area contributed by atoms with Gasteiger partial charge >= 0.3 is 0 Å². The molecule has 1 heterocycles. The van der Waals surface area contributed by atoms with Gasteiger partial charge in [0.25, 0.3) is 0 Å². The molecule has 3 rings (SSSR count). The fraction of sp³-hybridized carbons (Fsp3) is 0.462. The smallest absolute Gasteiger partial charge is 0.194 e. The average molecular weight is 202 g/mol. The Morgan fingerprint density at radius 1 is 1.20 bits per heavy atom. The highest BCUT2D eigenvalue weighted by Gasteiger charge is 2.45. The molecule has 0 bridgehead atoms. The standard InChI is InChI=1S/C13H14O2/c14-12-11-5-2-1-4-10(11)6-8-13(12)7-3-9-15-13/h1-2,4-5H,3,6-9H2/t13-/m1/s1. The minimum atomic E-state index is -0.464. The Kier molecular flexibility index (Phi) is 1.93. The lowest BCUT2D eigenvalue weighted by atomic mass is 9.78. The monoisotopic (exact) mass is 202 g/mol. The Morgan fingerprint density at radius 2 is 2.07 bits per heavy atom. The molecule has 1 aromatic carbocycles. The Hall–Kier alpha value is -1.15. The number of ketones is 1. The number of carbonyl (C=O) groups is 1. The van der Waals surface area contributed by atoms with Crippen molar-refractivity contribution in [1.29, 1.82) is 0 Å². The zero-order valence-corrected chi connectivity index (χ0v) is 8.66. The highest BCUT2D eigenvalue weighted by Crippen LogP contribution is 2.38. The van der Waals surface area contributed by atoms with Crippen molar-refractivity contribution in [3.8, 4) is 0 Å². The van der Waals surface area contributed by atoms with Crippen molar-refractivity contribution in [3.63, 3.8) is 0 Å². The largest absolute Gasteiger partial charge is 0.367 e. The Morgan fingerprint density at radius 3 is 2.87 bits per heavy atom. The molecule has 0 N–H and O–H groups in total. The summed E-state index contributed by atoms with van der Waals surface area (Å²) in [6, 6.07) is 7.92. The third-order valence-corrected chi connectivity index (χ3v) is 3.58. The van der Waals surface area contributed by atoms with Crippen LogP contribution in [0.25, 0.3) is 0 Å². The maximum absolute atomic E-state index is 12.3. The molecule has 78 valence electrons. The molecule has 0 saturated carbocycles. The molecule has 0 unspecified atom stereocenters. The van der Waals surface area contributed by atoms with Gasteiger partial charge < -0.3 is 4.74 Å². The molecule has 1 aliphatic heterocycles. The summed E-state index contributed by atoms with van der Waals surface area (Å²) in [7, 11) is 0. The van der Waals surface area contributed by atoms with Crippen LogP contribution in [0.5, 0.6) is 0 Å².